The summed E-state index contributed by atoms with van der Waals surface area (Å²) in [6, 6.07) is 4.21. The zero-order valence-electron chi connectivity index (χ0n) is 12.3. The minimum absolute atomic E-state index is 0.138. The number of ether oxygens (including phenoxy) is 1. The molecule has 0 spiro atoms. The van der Waals surface area contributed by atoms with E-state index in [9.17, 15) is 18.0 Å². The smallest absolute Gasteiger partial charge is 0.381 e. The van der Waals surface area contributed by atoms with Gasteiger partial charge in [0.2, 0.25) is 0 Å². The lowest BCUT2D eigenvalue weighted by Gasteiger charge is -2.27. The molecule has 1 saturated heterocycles. The van der Waals surface area contributed by atoms with Crippen LogP contribution in [0.25, 0.3) is 0 Å². The monoisotopic (exact) mass is 316 g/mol. The summed E-state index contributed by atoms with van der Waals surface area (Å²) in [6.45, 7) is 1.94. The Balaban J connectivity index is 1.93. The molecule has 1 aromatic rings. The molecule has 0 radical (unpaired) electrons. The minimum atomic E-state index is -4.42. The van der Waals surface area contributed by atoms with E-state index in [1.54, 1.807) is 7.05 Å². The summed E-state index contributed by atoms with van der Waals surface area (Å²) >= 11 is 0. The van der Waals surface area contributed by atoms with E-state index in [1.807, 2.05) is 0 Å². The largest absolute Gasteiger partial charge is 0.416 e. The molecule has 0 aromatic heterocycles. The summed E-state index contributed by atoms with van der Waals surface area (Å²) in [5.74, 6) is 0.367. The highest BCUT2D eigenvalue weighted by molar-refractivity contribution is 5.89. The lowest BCUT2D eigenvalue weighted by atomic mass is 10.00. The Kier molecular flexibility index (Phi) is 5.28. The number of alkyl halides is 3. The Labute approximate surface area is 127 Å². The molecule has 4 nitrogen and oxygen atoms in total. The summed E-state index contributed by atoms with van der Waals surface area (Å²) in [5, 5.41) is 2.50. The number of nitrogens with one attached hydrogen (secondary N) is 1. The first-order valence-corrected chi connectivity index (χ1v) is 7.13. The molecular formula is C15H19F3N2O2. The number of anilines is 1. The average molecular weight is 316 g/mol. The number of urea groups is 1. The van der Waals surface area contributed by atoms with Crippen LogP contribution < -0.4 is 5.32 Å². The summed E-state index contributed by atoms with van der Waals surface area (Å²) < 4.78 is 43.2. The van der Waals surface area contributed by atoms with Crippen LogP contribution in [0.3, 0.4) is 0 Å². The molecule has 7 heteroatoms. The Morgan fingerprint density at radius 3 is 2.68 bits per heavy atom. The Bertz CT molecular complexity index is 514. The SMILES string of the molecule is CN(CC1CCOCC1)C(=O)Nc1cccc(C(F)(F)F)c1. The molecular weight excluding hydrogens is 297 g/mol. The summed E-state index contributed by atoms with van der Waals surface area (Å²) in [4.78, 5) is 13.5. The Hall–Kier alpha value is -1.76. The van der Waals surface area contributed by atoms with Crippen molar-refractivity contribution in [1.82, 2.24) is 4.90 Å². The van der Waals surface area contributed by atoms with Crippen molar-refractivity contribution in [3.63, 3.8) is 0 Å². The van der Waals surface area contributed by atoms with Gasteiger partial charge in [-0.2, -0.15) is 13.2 Å². The van der Waals surface area contributed by atoms with Crippen molar-refractivity contribution in [2.45, 2.75) is 19.0 Å². The number of carbonyl (C=O) groups excluding carboxylic acids is 1. The fraction of sp³-hybridized carbons (Fsp3) is 0.533. The summed E-state index contributed by atoms with van der Waals surface area (Å²) in [6.07, 6.45) is -2.64. The second-order valence-corrected chi connectivity index (χ2v) is 5.44. The van der Waals surface area contributed by atoms with Gasteiger partial charge in [0.15, 0.2) is 0 Å². The van der Waals surface area contributed by atoms with Gasteiger partial charge in [-0.05, 0) is 37.0 Å². The van der Waals surface area contributed by atoms with E-state index in [4.69, 9.17) is 4.74 Å². The van der Waals surface area contributed by atoms with Gasteiger partial charge in [-0.1, -0.05) is 6.07 Å². The quantitative estimate of drug-likeness (QED) is 0.926. The predicted octanol–water partition coefficient (Wildman–Crippen LogP) is 3.60. The zero-order chi connectivity index (χ0) is 16.2. The van der Waals surface area contributed by atoms with Crippen molar-refractivity contribution in [1.29, 1.82) is 0 Å². The van der Waals surface area contributed by atoms with Crippen LogP contribution in [0.2, 0.25) is 0 Å². The highest BCUT2D eigenvalue weighted by Crippen LogP contribution is 2.30. The van der Waals surface area contributed by atoms with E-state index in [0.717, 1.165) is 25.0 Å². The van der Waals surface area contributed by atoms with Crippen molar-refractivity contribution in [3.05, 3.63) is 29.8 Å². The van der Waals surface area contributed by atoms with Crippen molar-refractivity contribution in [3.8, 4) is 0 Å². The third-order valence-corrected chi connectivity index (χ3v) is 3.66. The molecule has 1 aliphatic rings. The van der Waals surface area contributed by atoms with Gasteiger partial charge < -0.3 is 15.0 Å². The number of hydrogen-bond acceptors (Lipinski definition) is 2. The third-order valence-electron chi connectivity index (χ3n) is 3.66. The van der Waals surface area contributed by atoms with Crippen molar-refractivity contribution in [2.24, 2.45) is 5.92 Å². The molecule has 0 bridgehead atoms. The zero-order valence-corrected chi connectivity index (χ0v) is 12.3. The first-order valence-electron chi connectivity index (χ1n) is 7.13. The number of carbonyl (C=O) groups is 1. The maximum Gasteiger partial charge on any atom is 0.416 e. The van der Waals surface area contributed by atoms with Crippen LogP contribution in [0.1, 0.15) is 18.4 Å². The van der Waals surface area contributed by atoms with Crippen LogP contribution in [-0.2, 0) is 10.9 Å². The predicted molar refractivity (Wildman–Crippen MR) is 76.6 cm³/mol. The molecule has 1 heterocycles. The first kappa shape index (κ1) is 16.6. The van der Waals surface area contributed by atoms with Gasteiger partial charge in [-0.15, -0.1) is 0 Å². The average Bonchev–Trinajstić information content (AvgIpc) is 2.47. The van der Waals surface area contributed by atoms with Gasteiger partial charge in [0.05, 0.1) is 5.56 Å². The number of nitrogens with zero attached hydrogens (tertiary/aromatic N) is 1. The van der Waals surface area contributed by atoms with E-state index in [1.165, 1.54) is 17.0 Å². The molecule has 1 aromatic carbocycles. The number of hydrogen-bond donors (Lipinski definition) is 1. The standard InChI is InChI=1S/C15H19F3N2O2/c1-20(10-11-5-7-22-8-6-11)14(21)19-13-4-2-3-12(9-13)15(16,17)18/h2-4,9,11H,5-8,10H2,1H3,(H,19,21). The number of rotatable bonds is 3. The Morgan fingerprint density at radius 1 is 1.36 bits per heavy atom. The van der Waals surface area contributed by atoms with E-state index >= 15 is 0 Å². The highest BCUT2D eigenvalue weighted by Gasteiger charge is 2.30. The second-order valence-electron chi connectivity index (χ2n) is 5.44. The van der Waals surface area contributed by atoms with Gasteiger partial charge in [0.25, 0.3) is 0 Å². The molecule has 0 unspecified atom stereocenters. The van der Waals surface area contributed by atoms with Gasteiger partial charge in [0, 0.05) is 32.5 Å². The van der Waals surface area contributed by atoms with E-state index in [-0.39, 0.29) is 5.69 Å². The maximum absolute atomic E-state index is 12.6. The fourth-order valence-electron chi connectivity index (χ4n) is 2.39. The van der Waals surface area contributed by atoms with Crippen molar-refractivity contribution in [2.75, 3.05) is 32.1 Å². The fourth-order valence-corrected chi connectivity index (χ4v) is 2.39. The van der Waals surface area contributed by atoms with Crippen LogP contribution in [0.5, 0.6) is 0 Å². The summed E-state index contributed by atoms with van der Waals surface area (Å²) in [5.41, 5.74) is -0.643. The third kappa shape index (κ3) is 4.62. The van der Waals surface area contributed by atoms with E-state index in [2.05, 4.69) is 5.32 Å². The lowest BCUT2D eigenvalue weighted by molar-refractivity contribution is -0.137. The van der Waals surface area contributed by atoms with Crippen LogP contribution >= 0.6 is 0 Å². The molecule has 1 N–H and O–H groups in total. The van der Waals surface area contributed by atoms with Gasteiger partial charge in [-0.3, -0.25) is 0 Å². The molecule has 22 heavy (non-hydrogen) atoms. The highest BCUT2D eigenvalue weighted by atomic mass is 19.4. The first-order chi connectivity index (χ1) is 10.4. The molecule has 1 aliphatic heterocycles. The summed E-state index contributed by atoms with van der Waals surface area (Å²) in [7, 11) is 1.64. The normalized spacial score (nSPS) is 16.4. The van der Waals surface area contributed by atoms with Gasteiger partial charge >= 0.3 is 12.2 Å². The number of halogens is 3. The molecule has 2 amide bonds. The van der Waals surface area contributed by atoms with E-state index in [0.29, 0.717) is 25.7 Å². The van der Waals surface area contributed by atoms with Gasteiger partial charge in [-0.25, -0.2) is 4.79 Å². The lowest BCUT2D eigenvalue weighted by Crippen LogP contribution is -2.36. The van der Waals surface area contributed by atoms with Crippen molar-refractivity contribution >= 4 is 11.7 Å². The van der Waals surface area contributed by atoms with Crippen LogP contribution in [0.4, 0.5) is 23.7 Å². The van der Waals surface area contributed by atoms with Crippen molar-refractivity contribution < 1.29 is 22.7 Å². The molecule has 1 fully saturated rings. The Morgan fingerprint density at radius 2 is 2.05 bits per heavy atom. The molecule has 122 valence electrons. The number of benzene rings is 1. The van der Waals surface area contributed by atoms with Crippen LogP contribution in [0.15, 0.2) is 24.3 Å². The topological polar surface area (TPSA) is 41.6 Å². The molecule has 0 saturated carbocycles. The van der Waals surface area contributed by atoms with Gasteiger partial charge in [0.1, 0.15) is 0 Å². The second kappa shape index (κ2) is 7.00. The molecule has 0 atom stereocenters. The van der Waals surface area contributed by atoms with Crippen LogP contribution in [-0.4, -0.2) is 37.7 Å². The number of amides is 2. The maximum atomic E-state index is 12.6. The minimum Gasteiger partial charge on any atom is -0.381 e. The van der Waals surface area contributed by atoms with E-state index < -0.39 is 17.8 Å². The van der Waals surface area contributed by atoms with Crippen LogP contribution in [0, 0.1) is 5.92 Å². The molecule has 0 aliphatic carbocycles. The molecule has 2 rings (SSSR count).